The second-order valence-electron chi connectivity index (χ2n) is 12.6. The Balaban J connectivity index is 1.18. The highest BCUT2D eigenvalue weighted by atomic mass is 32.1. The molecule has 0 amide bonds. The van der Waals surface area contributed by atoms with Gasteiger partial charge in [0.1, 0.15) is 6.07 Å². The molecule has 234 valence electrons. The quantitative estimate of drug-likeness (QED) is 0.174. The first-order chi connectivity index (χ1) is 25.1. The molecule has 51 heavy (non-hydrogen) atoms. The Morgan fingerprint density at radius 3 is 1.82 bits per heavy atom. The molecule has 10 rings (SSSR count). The van der Waals surface area contributed by atoms with E-state index >= 15 is 0 Å². The Morgan fingerprint density at radius 1 is 0.510 bits per heavy atom. The predicted molar refractivity (Wildman–Crippen MR) is 213 cm³/mol. The summed E-state index contributed by atoms with van der Waals surface area (Å²) in [6.07, 6.45) is 0. The van der Waals surface area contributed by atoms with Gasteiger partial charge in [0.05, 0.1) is 49.9 Å². The first kappa shape index (κ1) is 29.2. The van der Waals surface area contributed by atoms with Crippen molar-refractivity contribution < 1.29 is 0 Å². The van der Waals surface area contributed by atoms with Crippen LogP contribution in [0, 0.1) is 29.2 Å². The predicted octanol–water partition coefficient (Wildman–Crippen LogP) is 13.1. The summed E-state index contributed by atoms with van der Waals surface area (Å²) in [5.41, 5.74) is 8.64. The van der Waals surface area contributed by atoms with Gasteiger partial charge < -0.3 is 4.57 Å². The van der Waals surface area contributed by atoms with Gasteiger partial charge in [-0.25, -0.2) is 4.85 Å². The summed E-state index contributed by atoms with van der Waals surface area (Å²) < 4.78 is 7.16. The molecule has 0 fully saturated rings. The van der Waals surface area contributed by atoms with Crippen molar-refractivity contribution in [3.8, 4) is 40.1 Å². The minimum atomic E-state index is 0.587. The molecular formula is C45H22N4S2. The van der Waals surface area contributed by atoms with Crippen molar-refractivity contribution in [3.05, 3.63) is 156 Å². The molecular weight excluding hydrogens is 661 g/mol. The third-order valence-electron chi connectivity index (χ3n) is 9.91. The number of nitrogens with zero attached hydrogens (tertiary/aromatic N) is 4. The molecule has 0 atom stereocenters. The van der Waals surface area contributed by atoms with Crippen LogP contribution in [0.25, 0.3) is 94.9 Å². The molecule has 0 saturated heterocycles. The van der Waals surface area contributed by atoms with Crippen molar-refractivity contribution >= 4 is 90.5 Å². The van der Waals surface area contributed by atoms with Gasteiger partial charge in [-0.05, 0) is 76.7 Å². The number of para-hydroxylation sites is 2. The standard InChI is InChI=1S/C45H22N4S2/c1-48-30-15-18-40-36(23-30)33-10-4-5-12-39(33)49(40)43-29(25-47)8-6-11-32(43)27-14-20-42-38(22-27)35-17-16-34-37-21-26(31-9-3-2-7-28(31)24-46)13-19-41(37)50-44(34)45(35)51-42/h2-23H. The Kier molecular flexibility index (Phi) is 6.38. The van der Waals surface area contributed by atoms with Gasteiger partial charge in [-0.15, -0.1) is 22.7 Å². The van der Waals surface area contributed by atoms with Crippen molar-refractivity contribution in [1.29, 1.82) is 10.5 Å². The van der Waals surface area contributed by atoms with Gasteiger partial charge in [-0.1, -0.05) is 78.9 Å². The first-order valence-corrected chi connectivity index (χ1v) is 18.0. The lowest BCUT2D eigenvalue weighted by Gasteiger charge is -2.16. The fourth-order valence-electron chi connectivity index (χ4n) is 7.61. The van der Waals surface area contributed by atoms with Gasteiger partial charge >= 0.3 is 0 Å². The highest BCUT2D eigenvalue weighted by molar-refractivity contribution is 7.33. The van der Waals surface area contributed by atoms with Gasteiger partial charge in [0, 0.05) is 41.9 Å². The van der Waals surface area contributed by atoms with Gasteiger partial charge in [-0.3, -0.25) is 0 Å². The van der Waals surface area contributed by atoms with E-state index < -0.39 is 0 Å². The van der Waals surface area contributed by atoms with Crippen molar-refractivity contribution in [2.45, 2.75) is 0 Å². The van der Waals surface area contributed by atoms with E-state index in [1.807, 2.05) is 89.4 Å². The molecule has 0 radical (unpaired) electrons. The second-order valence-corrected chi connectivity index (χ2v) is 14.7. The summed E-state index contributed by atoms with van der Waals surface area (Å²) in [6.45, 7) is 7.61. The van der Waals surface area contributed by atoms with Crippen LogP contribution < -0.4 is 0 Å². The van der Waals surface area contributed by atoms with E-state index in [4.69, 9.17) is 6.57 Å². The maximum atomic E-state index is 10.4. The summed E-state index contributed by atoms with van der Waals surface area (Å²) in [5, 5.41) is 27.0. The average molecular weight is 683 g/mol. The number of aromatic nitrogens is 1. The molecule has 3 aromatic heterocycles. The number of fused-ring (bicyclic) bond motifs is 10. The van der Waals surface area contributed by atoms with Crippen LogP contribution in [0.5, 0.6) is 0 Å². The second kappa shape index (κ2) is 11.1. The van der Waals surface area contributed by atoms with Crippen LogP contribution in [-0.2, 0) is 0 Å². The van der Waals surface area contributed by atoms with Crippen molar-refractivity contribution in [3.63, 3.8) is 0 Å². The van der Waals surface area contributed by atoms with Crippen molar-refractivity contribution in [2.24, 2.45) is 0 Å². The van der Waals surface area contributed by atoms with Crippen LogP contribution in [0.1, 0.15) is 11.1 Å². The molecule has 0 aliphatic heterocycles. The fraction of sp³-hybridized carbons (Fsp3) is 0. The van der Waals surface area contributed by atoms with Gasteiger partial charge in [0.15, 0.2) is 5.69 Å². The monoisotopic (exact) mass is 682 g/mol. The van der Waals surface area contributed by atoms with Crippen LogP contribution in [0.3, 0.4) is 0 Å². The number of nitriles is 2. The van der Waals surface area contributed by atoms with E-state index in [0.29, 0.717) is 16.8 Å². The highest BCUT2D eigenvalue weighted by Gasteiger charge is 2.20. The Morgan fingerprint density at radius 2 is 1.12 bits per heavy atom. The van der Waals surface area contributed by atoms with Crippen LogP contribution in [0.4, 0.5) is 5.69 Å². The third kappa shape index (κ3) is 4.27. The van der Waals surface area contributed by atoms with Crippen molar-refractivity contribution in [2.75, 3.05) is 0 Å². The zero-order valence-electron chi connectivity index (χ0n) is 26.8. The van der Waals surface area contributed by atoms with Crippen LogP contribution >= 0.6 is 22.7 Å². The molecule has 0 aliphatic carbocycles. The normalized spacial score (nSPS) is 11.5. The largest absolute Gasteiger partial charge is 0.307 e. The molecule has 10 aromatic rings. The molecule has 7 aromatic carbocycles. The highest BCUT2D eigenvalue weighted by Crippen LogP contribution is 2.47. The fourth-order valence-corrected chi connectivity index (χ4v) is 10.1. The molecule has 3 heterocycles. The van der Waals surface area contributed by atoms with E-state index in [1.165, 1.54) is 40.3 Å². The average Bonchev–Trinajstić information content (AvgIpc) is 3.86. The molecule has 0 saturated carbocycles. The summed E-state index contributed by atoms with van der Waals surface area (Å²) >= 11 is 3.64. The molecule has 0 spiro atoms. The molecule has 6 heteroatoms. The van der Waals surface area contributed by atoms with Gasteiger partial charge in [0.2, 0.25) is 0 Å². The smallest absolute Gasteiger partial charge is 0.188 e. The number of hydrogen-bond donors (Lipinski definition) is 0. The lowest BCUT2D eigenvalue weighted by Crippen LogP contribution is -2.00. The zero-order chi connectivity index (χ0) is 34.2. The Hall–Kier alpha value is -6.75. The van der Waals surface area contributed by atoms with Crippen molar-refractivity contribution in [1.82, 2.24) is 4.57 Å². The van der Waals surface area contributed by atoms with E-state index in [-0.39, 0.29) is 0 Å². The summed E-state index contributed by atoms with van der Waals surface area (Å²) in [4.78, 5) is 3.69. The summed E-state index contributed by atoms with van der Waals surface area (Å²) in [5.74, 6) is 0. The van der Waals surface area contributed by atoms with E-state index in [0.717, 1.165) is 49.7 Å². The van der Waals surface area contributed by atoms with E-state index in [1.54, 1.807) is 0 Å². The molecule has 4 nitrogen and oxygen atoms in total. The minimum absolute atomic E-state index is 0.587. The summed E-state index contributed by atoms with van der Waals surface area (Å²) in [6, 6.07) is 50.2. The van der Waals surface area contributed by atoms with Gasteiger partial charge in [-0.2, -0.15) is 10.5 Å². The van der Waals surface area contributed by atoms with Crippen LogP contribution in [0.2, 0.25) is 0 Å². The first-order valence-electron chi connectivity index (χ1n) is 16.4. The summed E-state index contributed by atoms with van der Waals surface area (Å²) in [7, 11) is 0. The topological polar surface area (TPSA) is 56.9 Å². The van der Waals surface area contributed by atoms with Crippen LogP contribution in [0.15, 0.2) is 133 Å². The van der Waals surface area contributed by atoms with Gasteiger partial charge in [0.25, 0.3) is 0 Å². The molecule has 0 N–H and O–H groups in total. The lowest BCUT2D eigenvalue weighted by atomic mass is 9.97. The molecule has 0 unspecified atom stereocenters. The molecule has 0 bridgehead atoms. The maximum absolute atomic E-state index is 10.4. The zero-order valence-corrected chi connectivity index (χ0v) is 28.4. The number of rotatable bonds is 3. The number of hydrogen-bond acceptors (Lipinski definition) is 4. The third-order valence-corrected chi connectivity index (χ3v) is 12.4. The lowest BCUT2D eigenvalue weighted by molar-refractivity contribution is 1.17. The number of thiophene rings is 2. The molecule has 0 aliphatic rings. The van der Waals surface area contributed by atoms with E-state index in [2.05, 4.69) is 88.3 Å². The SMILES string of the molecule is [C-]#[N+]c1ccc2c(c1)c1ccccc1n2-c1c(C#N)cccc1-c1ccc2sc3c(ccc4c5cc(-c6ccccc6C#N)ccc5sc43)c2c1. The van der Waals surface area contributed by atoms with E-state index in [9.17, 15) is 10.5 Å². The minimum Gasteiger partial charge on any atom is -0.307 e. The number of benzene rings is 7. The Bertz CT molecular complexity index is 3250. The maximum Gasteiger partial charge on any atom is 0.188 e. The van der Waals surface area contributed by atoms with Crippen LogP contribution in [-0.4, -0.2) is 4.57 Å². The Labute approximate surface area is 300 Å².